The predicted molar refractivity (Wildman–Crippen MR) is 131 cm³/mol. The molecule has 2 aromatic carbocycles. The summed E-state index contributed by atoms with van der Waals surface area (Å²) in [5, 5.41) is 12.7. The Morgan fingerprint density at radius 2 is 1.32 bits per heavy atom. The van der Waals surface area contributed by atoms with E-state index in [4.69, 9.17) is 9.47 Å². The van der Waals surface area contributed by atoms with E-state index in [2.05, 4.69) is 5.32 Å². The molecule has 184 valence electrons. The Balaban J connectivity index is 2.33. The summed E-state index contributed by atoms with van der Waals surface area (Å²) in [7, 11) is 0. The lowest BCUT2D eigenvalue weighted by atomic mass is 9.98. The Hall–Kier alpha value is -3.35. The van der Waals surface area contributed by atoms with E-state index in [1.165, 1.54) is 0 Å². The zero-order chi connectivity index (χ0) is 25.4. The Labute approximate surface area is 201 Å². The van der Waals surface area contributed by atoms with Gasteiger partial charge in [0.1, 0.15) is 6.04 Å². The molecule has 0 aliphatic rings. The molecule has 0 amide bonds. The highest BCUT2D eigenvalue weighted by Crippen LogP contribution is 2.32. The van der Waals surface area contributed by atoms with Crippen LogP contribution in [0, 0.1) is 23.7 Å². The number of anilines is 1. The second-order valence-electron chi connectivity index (χ2n) is 9.29. The number of para-hydroxylation sites is 1. The van der Waals surface area contributed by atoms with Gasteiger partial charge in [-0.15, -0.1) is 0 Å². The third kappa shape index (κ3) is 7.61. The van der Waals surface area contributed by atoms with Crippen molar-refractivity contribution in [3.05, 3.63) is 54.1 Å². The van der Waals surface area contributed by atoms with Crippen molar-refractivity contribution in [2.24, 2.45) is 23.7 Å². The van der Waals surface area contributed by atoms with Crippen LogP contribution in [0.3, 0.4) is 0 Å². The molecule has 0 radical (unpaired) electrons. The fraction of sp³-hybridized carbons (Fsp3) is 0.444. The molecule has 0 fully saturated rings. The predicted octanol–water partition coefficient (Wildman–Crippen LogP) is 5.19. The average molecular weight is 470 g/mol. The quantitative estimate of drug-likeness (QED) is 0.345. The van der Waals surface area contributed by atoms with Gasteiger partial charge in [0.2, 0.25) is 0 Å². The number of carboxylic acids is 1. The number of benzene rings is 2. The van der Waals surface area contributed by atoms with Gasteiger partial charge in [-0.3, -0.25) is 9.59 Å². The van der Waals surface area contributed by atoms with Crippen molar-refractivity contribution in [2.45, 2.75) is 54.0 Å². The highest BCUT2D eigenvalue weighted by molar-refractivity contribution is 5.79. The molecule has 0 heterocycles. The zero-order valence-corrected chi connectivity index (χ0v) is 20.7. The van der Waals surface area contributed by atoms with E-state index in [1.807, 2.05) is 45.9 Å². The van der Waals surface area contributed by atoms with E-state index in [-0.39, 0.29) is 41.6 Å². The number of esters is 2. The SMILES string of the molecule is CC(C)C(C)C(=O)Oc1ccc(C[C@H](Nc2ccccc2)C(=O)O)cc1OC(=O)C(C)C(C)C. The topological polar surface area (TPSA) is 102 Å². The summed E-state index contributed by atoms with van der Waals surface area (Å²) in [4.78, 5) is 37.1. The smallest absolute Gasteiger partial charge is 0.326 e. The van der Waals surface area contributed by atoms with Gasteiger partial charge >= 0.3 is 17.9 Å². The lowest BCUT2D eigenvalue weighted by molar-refractivity contribution is -0.142. The molecule has 0 spiro atoms. The molecule has 2 aromatic rings. The first kappa shape index (κ1) is 26.9. The Kier molecular flexibility index (Phi) is 9.66. The van der Waals surface area contributed by atoms with Crippen LogP contribution < -0.4 is 14.8 Å². The first-order chi connectivity index (χ1) is 16.0. The van der Waals surface area contributed by atoms with Gasteiger partial charge in [0.25, 0.3) is 0 Å². The van der Waals surface area contributed by atoms with Crippen molar-refractivity contribution in [2.75, 3.05) is 5.32 Å². The molecular weight excluding hydrogens is 434 g/mol. The molecule has 2 N–H and O–H groups in total. The fourth-order valence-corrected chi connectivity index (χ4v) is 2.96. The van der Waals surface area contributed by atoms with Gasteiger partial charge in [-0.25, -0.2) is 4.79 Å². The number of carboxylic acid groups (broad SMARTS) is 1. The molecule has 7 heteroatoms. The van der Waals surface area contributed by atoms with E-state index >= 15 is 0 Å². The summed E-state index contributed by atoms with van der Waals surface area (Å²) in [5.41, 5.74) is 1.30. The minimum Gasteiger partial charge on any atom is -0.480 e. The van der Waals surface area contributed by atoms with Crippen molar-refractivity contribution >= 4 is 23.6 Å². The van der Waals surface area contributed by atoms with Gasteiger partial charge in [0, 0.05) is 12.1 Å². The van der Waals surface area contributed by atoms with E-state index in [9.17, 15) is 19.5 Å². The highest BCUT2D eigenvalue weighted by atomic mass is 16.6. The van der Waals surface area contributed by atoms with Gasteiger partial charge in [-0.2, -0.15) is 0 Å². The average Bonchev–Trinajstić information content (AvgIpc) is 2.79. The van der Waals surface area contributed by atoms with Gasteiger partial charge in [0.15, 0.2) is 11.5 Å². The van der Waals surface area contributed by atoms with Gasteiger partial charge in [0.05, 0.1) is 11.8 Å². The molecule has 0 aliphatic heterocycles. The zero-order valence-electron chi connectivity index (χ0n) is 20.7. The summed E-state index contributed by atoms with van der Waals surface area (Å²) in [6.45, 7) is 11.2. The van der Waals surface area contributed by atoms with Crippen molar-refractivity contribution in [1.29, 1.82) is 0 Å². The Bertz CT molecular complexity index is 986. The molecule has 34 heavy (non-hydrogen) atoms. The Morgan fingerprint density at radius 1 is 0.794 bits per heavy atom. The highest BCUT2D eigenvalue weighted by Gasteiger charge is 2.25. The van der Waals surface area contributed by atoms with Crippen LogP contribution in [0.1, 0.15) is 47.1 Å². The van der Waals surface area contributed by atoms with Crippen molar-refractivity contribution in [1.82, 2.24) is 0 Å². The molecule has 2 unspecified atom stereocenters. The Morgan fingerprint density at radius 3 is 1.82 bits per heavy atom. The first-order valence-electron chi connectivity index (χ1n) is 11.6. The summed E-state index contributed by atoms with van der Waals surface area (Å²) < 4.78 is 11.2. The molecule has 0 aromatic heterocycles. The van der Waals surface area contributed by atoms with Crippen LogP contribution in [-0.4, -0.2) is 29.1 Å². The molecule has 0 saturated carbocycles. The van der Waals surface area contributed by atoms with Crippen LogP contribution in [0.25, 0.3) is 0 Å². The van der Waals surface area contributed by atoms with Crippen molar-refractivity contribution in [3.63, 3.8) is 0 Å². The standard InChI is InChI=1S/C27H35NO6/c1-16(2)18(5)26(31)33-23-13-12-20(15-24(23)34-27(32)19(6)17(3)4)14-22(25(29)30)28-21-10-8-7-9-11-21/h7-13,15-19,22,28H,14H2,1-6H3,(H,29,30)/t18?,19?,22-/m0/s1. The largest absolute Gasteiger partial charge is 0.480 e. The maximum absolute atomic E-state index is 12.6. The number of rotatable bonds is 11. The number of hydrogen-bond acceptors (Lipinski definition) is 6. The van der Waals surface area contributed by atoms with Crippen LogP contribution in [0.5, 0.6) is 11.5 Å². The van der Waals surface area contributed by atoms with Crippen LogP contribution in [0.2, 0.25) is 0 Å². The first-order valence-corrected chi connectivity index (χ1v) is 11.6. The third-order valence-electron chi connectivity index (χ3n) is 6.03. The van der Waals surface area contributed by atoms with E-state index in [0.717, 1.165) is 0 Å². The monoisotopic (exact) mass is 469 g/mol. The van der Waals surface area contributed by atoms with Crippen LogP contribution in [0.4, 0.5) is 5.69 Å². The summed E-state index contributed by atoms with van der Waals surface area (Å²) in [5.74, 6) is -2.22. The van der Waals surface area contributed by atoms with Crippen molar-refractivity contribution < 1.29 is 29.0 Å². The minimum atomic E-state index is -1.02. The molecule has 0 saturated heterocycles. The van der Waals surface area contributed by atoms with E-state index < -0.39 is 23.9 Å². The normalized spacial score (nSPS) is 13.8. The van der Waals surface area contributed by atoms with Gasteiger partial charge in [-0.1, -0.05) is 65.8 Å². The molecule has 0 bridgehead atoms. The van der Waals surface area contributed by atoms with E-state index in [1.54, 1.807) is 44.2 Å². The van der Waals surface area contributed by atoms with Gasteiger partial charge < -0.3 is 19.9 Å². The summed E-state index contributed by atoms with van der Waals surface area (Å²) in [6, 6.07) is 12.9. The molecule has 2 rings (SSSR count). The number of carbonyl (C=O) groups excluding carboxylic acids is 2. The fourth-order valence-electron chi connectivity index (χ4n) is 2.96. The van der Waals surface area contributed by atoms with Crippen LogP contribution in [0.15, 0.2) is 48.5 Å². The third-order valence-corrected chi connectivity index (χ3v) is 6.03. The summed E-state index contributed by atoms with van der Waals surface area (Å²) >= 11 is 0. The summed E-state index contributed by atoms with van der Waals surface area (Å²) in [6.07, 6.45) is 0.130. The number of nitrogens with one attached hydrogen (secondary N) is 1. The van der Waals surface area contributed by atoms with Gasteiger partial charge in [-0.05, 0) is 41.7 Å². The molecule has 3 atom stereocenters. The lowest BCUT2D eigenvalue weighted by Crippen LogP contribution is -2.31. The maximum atomic E-state index is 12.6. The van der Waals surface area contributed by atoms with Crippen LogP contribution in [-0.2, 0) is 20.8 Å². The molecular formula is C27H35NO6. The molecule has 7 nitrogen and oxygen atoms in total. The lowest BCUT2D eigenvalue weighted by Gasteiger charge is -2.20. The number of ether oxygens (including phenoxy) is 2. The number of carbonyl (C=O) groups is 3. The minimum absolute atomic E-state index is 0.0640. The molecule has 0 aliphatic carbocycles. The second-order valence-corrected chi connectivity index (χ2v) is 9.29. The second kappa shape index (κ2) is 12.2. The maximum Gasteiger partial charge on any atom is 0.326 e. The van der Waals surface area contributed by atoms with Crippen molar-refractivity contribution in [3.8, 4) is 11.5 Å². The number of hydrogen-bond donors (Lipinski definition) is 2. The van der Waals surface area contributed by atoms with Crippen LogP contribution >= 0.6 is 0 Å². The number of aliphatic carboxylic acids is 1. The van der Waals surface area contributed by atoms with E-state index in [0.29, 0.717) is 11.3 Å².